The molecule has 0 bridgehead atoms. The van der Waals surface area contributed by atoms with Crippen molar-refractivity contribution in [3.05, 3.63) is 74.2 Å². The summed E-state index contributed by atoms with van der Waals surface area (Å²) in [6.45, 7) is 10.3. The number of amides is 1. The Bertz CT molecular complexity index is 972. The van der Waals surface area contributed by atoms with Crippen LogP contribution >= 0.6 is 11.3 Å². The van der Waals surface area contributed by atoms with Crippen LogP contribution in [0, 0.1) is 34.6 Å². The first-order chi connectivity index (χ1) is 12.8. The van der Waals surface area contributed by atoms with E-state index in [0.29, 0.717) is 11.5 Å². The zero-order valence-electron chi connectivity index (χ0n) is 16.3. The topological polar surface area (TPSA) is 51.2 Å². The molecule has 0 atom stereocenters. The van der Waals surface area contributed by atoms with Crippen LogP contribution in [0.5, 0.6) is 5.75 Å². The van der Waals surface area contributed by atoms with Crippen molar-refractivity contribution in [3.63, 3.8) is 0 Å². The predicted molar refractivity (Wildman–Crippen MR) is 111 cm³/mol. The van der Waals surface area contributed by atoms with Crippen LogP contribution in [0.15, 0.2) is 36.4 Å². The lowest BCUT2D eigenvalue weighted by molar-refractivity contribution is 0.103. The summed E-state index contributed by atoms with van der Waals surface area (Å²) in [5.74, 6) is 0.720. The molecule has 5 heteroatoms. The van der Waals surface area contributed by atoms with E-state index >= 15 is 0 Å². The Hall–Kier alpha value is -2.66. The Morgan fingerprint density at radius 1 is 1.00 bits per heavy atom. The number of benzene rings is 2. The minimum Gasteiger partial charge on any atom is -0.486 e. The minimum atomic E-state index is -0.131. The maximum Gasteiger partial charge on any atom is 0.267 e. The van der Waals surface area contributed by atoms with Gasteiger partial charge in [-0.25, -0.2) is 4.98 Å². The monoisotopic (exact) mass is 380 g/mol. The van der Waals surface area contributed by atoms with Gasteiger partial charge >= 0.3 is 0 Å². The van der Waals surface area contributed by atoms with Crippen LogP contribution < -0.4 is 10.1 Å². The van der Waals surface area contributed by atoms with Gasteiger partial charge in [0.15, 0.2) is 0 Å². The molecule has 1 aromatic heterocycles. The molecule has 0 aliphatic carbocycles. The molecule has 27 heavy (non-hydrogen) atoms. The number of ether oxygens (including phenoxy) is 1. The Kier molecular flexibility index (Phi) is 5.61. The standard InChI is InChI=1S/C22H24N2O2S/c1-13-6-7-16(4)19(11-13)26-12-20-23-17(5)21(27-20)22(25)24-18-9-14(2)8-15(3)10-18/h6-11H,12H2,1-5H3,(H,24,25). The number of hydrogen-bond donors (Lipinski definition) is 1. The van der Waals surface area contributed by atoms with Gasteiger partial charge in [-0.1, -0.05) is 18.2 Å². The molecule has 0 radical (unpaired) electrons. The molecule has 0 unspecified atom stereocenters. The van der Waals surface area contributed by atoms with Crippen LogP contribution in [0.3, 0.4) is 0 Å². The highest BCUT2D eigenvalue weighted by molar-refractivity contribution is 7.13. The molecule has 1 N–H and O–H groups in total. The lowest BCUT2D eigenvalue weighted by atomic mass is 10.1. The van der Waals surface area contributed by atoms with Crippen molar-refractivity contribution < 1.29 is 9.53 Å². The highest BCUT2D eigenvalue weighted by atomic mass is 32.1. The van der Waals surface area contributed by atoms with Crippen molar-refractivity contribution in [2.45, 2.75) is 41.2 Å². The summed E-state index contributed by atoms with van der Waals surface area (Å²) in [6.07, 6.45) is 0. The molecular formula is C22H24N2O2S. The van der Waals surface area contributed by atoms with Gasteiger partial charge in [0.05, 0.1) is 5.69 Å². The summed E-state index contributed by atoms with van der Waals surface area (Å²) in [5, 5.41) is 3.77. The molecule has 3 aromatic rings. The molecular weight excluding hydrogens is 356 g/mol. The average molecular weight is 381 g/mol. The Morgan fingerprint density at radius 2 is 1.70 bits per heavy atom. The van der Waals surface area contributed by atoms with Crippen LogP contribution in [0.4, 0.5) is 5.69 Å². The molecule has 0 aliphatic rings. The summed E-state index contributed by atoms with van der Waals surface area (Å²) in [5.41, 5.74) is 6.00. The minimum absolute atomic E-state index is 0.131. The third-order valence-electron chi connectivity index (χ3n) is 4.22. The van der Waals surface area contributed by atoms with Crippen LogP contribution in [-0.2, 0) is 6.61 Å². The number of rotatable bonds is 5. The van der Waals surface area contributed by atoms with E-state index in [4.69, 9.17) is 4.74 Å². The number of thiazole rings is 1. The molecule has 0 aliphatic heterocycles. The van der Waals surface area contributed by atoms with Crippen LogP contribution in [0.1, 0.15) is 42.6 Å². The molecule has 3 rings (SSSR count). The average Bonchev–Trinajstić information content (AvgIpc) is 2.95. The van der Waals surface area contributed by atoms with Crippen molar-refractivity contribution in [3.8, 4) is 5.75 Å². The molecule has 0 fully saturated rings. The van der Waals surface area contributed by atoms with Crippen LogP contribution in [0.25, 0.3) is 0 Å². The smallest absolute Gasteiger partial charge is 0.267 e. The van der Waals surface area contributed by atoms with E-state index in [-0.39, 0.29) is 5.91 Å². The van der Waals surface area contributed by atoms with Crippen molar-refractivity contribution in [1.82, 2.24) is 4.98 Å². The van der Waals surface area contributed by atoms with Crippen molar-refractivity contribution in [1.29, 1.82) is 0 Å². The highest BCUT2D eigenvalue weighted by Gasteiger charge is 2.16. The van der Waals surface area contributed by atoms with Gasteiger partial charge in [0, 0.05) is 5.69 Å². The van der Waals surface area contributed by atoms with Crippen LogP contribution in [0.2, 0.25) is 0 Å². The predicted octanol–water partition coefficient (Wildman–Crippen LogP) is 5.52. The second kappa shape index (κ2) is 7.92. The van der Waals surface area contributed by atoms with Crippen LogP contribution in [-0.4, -0.2) is 10.9 Å². The highest BCUT2D eigenvalue weighted by Crippen LogP contribution is 2.24. The number of hydrogen-bond acceptors (Lipinski definition) is 4. The SMILES string of the molecule is Cc1cc(C)cc(NC(=O)c2sc(COc3cc(C)ccc3C)nc2C)c1. The number of nitrogens with one attached hydrogen (secondary N) is 1. The number of carbonyl (C=O) groups excluding carboxylic acids is 1. The molecule has 1 amide bonds. The maximum atomic E-state index is 12.7. The largest absolute Gasteiger partial charge is 0.486 e. The second-order valence-electron chi connectivity index (χ2n) is 6.91. The maximum absolute atomic E-state index is 12.7. The molecule has 140 valence electrons. The number of carbonyl (C=O) groups is 1. The molecule has 0 saturated heterocycles. The Morgan fingerprint density at radius 3 is 2.41 bits per heavy atom. The van der Waals surface area contributed by atoms with E-state index in [9.17, 15) is 4.79 Å². The molecule has 0 saturated carbocycles. The fourth-order valence-electron chi connectivity index (χ4n) is 2.96. The number of aromatic nitrogens is 1. The summed E-state index contributed by atoms with van der Waals surface area (Å²) in [6, 6.07) is 12.1. The summed E-state index contributed by atoms with van der Waals surface area (Å²) in [4.78, 5) is 17.8. The number of nitrogens with zero attached hydrogens (tertiary/aromatic N) is 1. The molecule has 0 spiro atoms. The van der Waals surface area contributed by atoms with Crippen molar-refractivity contribution in [2.24, 2.45) is 0 Å². The van der Waals surface area contributed by atoms with Gasteiger partial charge in [0.2, 0.25) is 0 Å². The van der Waals surface area contributed by atoms with Gasteiger partial charge in [0.1, 0.15) is 22.2 Å². The van der Waals surface area contributed by atoms with E-state index in [1.807, 2.05) is 58.9 Å². The second-order valence-corrected chi connectivity index (χ2v) is 7.99. The van der Waals surface area contributed by atoms with E-state index in [1.165, 1.54) is 11.3 Å². The fraction of sp³-hybridized carbons (Fsp3) is 0.273. The normalized spacial score (nSPS) is 10.7. The first kappa shape index (κ1) is 19.1. The van der Waals surface area contributed by atoms with Gasteiger partial charge in [-0.05, 0) is 75.1 Å². The first-order valence-corrected chi connectivity index (χ1v) is 9.69. The fourth-order valence-corrected chi connectivity index (χ4v) is 3.83. The third kappa shape index (κ3) is 4.74. The molecule has 2 aromatic carbocycles. The summed E-state index contributed by atoms with van der Waals surface area (Å²) >= 11 is 1.38. The van der Waals surface area contributed by atoms with E-state index in [1.54, 1.807) is 0 Å². The summed E-state index contributed by atoms with van der Waals surface area (Å²) in [7, 11) is 0. The molecule has 1 heterocycles. The number of aryl methyl sites for hydroxylation is 5. The van der Waals surface area contributed by atoms with E-state index < -0.39 is 0 Å². The quantitative estimate of drug-likeness (QED) is 0.634. The first-order valence-electron chi connectivity index (χ1n) is 8.88. The van der Waals surface area contributed by atoms with E-state index in [0.717, 1.165) is 44.4 Å². The van der Waals surface area contributed by atoms with Crippen molar-refractivity contribution >= 4 is 22.9 Å². The van der Waals surface area contributed by atoms with E-state index in [2.05, 4.69) is 22.4 Å². The lowest BCUT2D eigenvalue weighted by Gasteiger charge is -2.08. The van der Waals surface area contributed by atoms with Gasteiger partial charge in [-0.3, -0.25) is 4.79 Å². The Balaban J connectivity index is 1.71. The summed E-state index contributed by atoms with van der Waals surface area (Å²) < 4.78 is 5.92. The zero-order chi connectivity index (χ0) is 19.6. The zero-order valence-corrected chi connectivity index (χ0v) is 17.2. The van der Waals surface area contributed by atoms with Gasteiger partial charge < -0.3 is 10.1 Å². The number of anilines is 1. The van der Waals surface area contributed by atoms with Crippen molar-refractivity contribution in [2.75, 3.05) is 5.32 Å². The third-order valence-corrected chi connectivity index (χ3v) is 5.35. The van der Waals surface area contributed by atoms with Gasteiger partial charge in [-0.2, -0.15) is 0 Å². The van der Waals surface area contributed by atoms with Gasteiger partial charge in [-0.15, -0.1) is 11.3 Å². The van der Waals surface area contributed by atoms with Gasteiger partial charge in [0.25, 0.3) is 5.91 Å². The molecule has 4 nitrogen and oxygen atoms in total. The Labute approximate surface area is 164 Å². The lowest BCUT2D eigenvalue weighted by Crippen LogP contribution is -2.11.